The molecule has 0 N–H and O–H groups in total. The predicted octanol–water partition coefficient (Wildman–Crippen LogP) is 5.42. The first-order valence-corrected chi connectivity index (χ1v) is 6.57. The highest BCUT2D eigenvalue weighted by molar-refractivity contribution is 6.36. The van der Waals surface area contributed by atoms with E-state index < -0.39 is 34.3 Å². The molecular formula is C15H5Cl2F3N2. The van der Waals surface area contributed by atoms with Gasteiger partial charge in [0.2, 0.25) is 0 Å². The molecule has 0 spiro atoms. The molecule has 0 aliphatic carbocycles. The fourth-order valence-corrected chi connectivity index (χ4v) is 2.48. The summed E-state index contributed by atoms with van der Waals surface area (Å²) < 4.78 is 41.6. The van der Waals surface area contributed by atoms with E-state index in [0.29, 0.717) is 0 Å². The Morgan fingerprint density at radius 2 is 1.64 bits per heavy atom. The zero-order valence-corrected chi connectivity index (χ0v) is 12.2. The molecule has 0 bridgehead atoms. The summed E-state index contributed by atoms with van der Waals surface area (Å²) in [6, 6.07) is 5.95. The molecule has 2 nitrogen and oxygen atoms in total. The average Bonchev–Trinajstić information content (AvgIpc) is 2.49. The minimum atomic E-state index is -1.68. The van der Waals surface area contributed by atoms with E-state index >= 15 is 0 Å². The summed E-state index contributed by atoms with van der Waals surface area (Å²) in [5.41, 5.74) is -2.11. The van der Waals surface area contributed by atoms with Crippen molar-refractivity contribution >= 4 is 28.9 Å². The zero-order valence-electron chi connectivity index (χ0n) is 10.7. The minimum Gasteiger partial charge on any atom is -0.232 e. The predicted molar refractivity (Wildman–Crippen MR) is 76.6 cm³/mol. The van der Waals surface area contributed by atoms with Crippen molar-refractivity contribution in [1.82, 2.24) is 0 Å². The van der Waals surface area contributed by atoms with Gasteiger partial charge in [-0.3, -0.25) is 0 Å². The number of nitrogens with zero attached hydrogens (tertiary/aromatic N) is 2. The van der Waals surface area contributed by atoms with Crippen molar-refractivity contribution in [1.29, 1.82) is 5.26 Å². The maximum absolute atomic E-state index is 14.3. The molecule has 2 rings (SSSR count). The van der Waals surface area contributed by atoms with Crippen LogP contribution in [0.4, 0.5) is 18.9 Å². The molecule has 110 valence electrons. The van der Waals surface area contributed by atoms with Crippen LogP contribution in [0, 0.1) is 35.4 Å². The summed E-state index contributed by atoms with van der Waals surface area (Å²) in [4.78, 5) is 2.64. The second kappa shape index (κ2) is 6.27. The fraction of sp³-hybridized carbons (Fsp3) is 0.0667. The first-order valence-electron chi connectivity index (χ1n) is 5.82. The standard InChI is InChI=1S/C15H5Cl2F3N2/c1-22-15-13(19)7(9(6-21)12(18)14(15)20)5-8-10(16)3-2-4-11(8)17/h2-4H,5H2. The first-order chi connectivity index (χ1) is 10.4. The third-order valence-electron chi connectivity index (χ3n) is 3.03. The van der Waals surface area contributed by atoms with Crippen molar-refractivity contribution in [3.63, 3.8) is 0 Å². The molecule has 0 aromatic heterocycles. The highest BCUT2D eigenvalue weighted by atomic mass is 35.5. The summed E-state index contributed by atoms with van der Waals surface area (Å²) in [6.45, 7) is 6.75. The van der Waals surface area contributed by atoms with Crippen LogP contribution in [0.1, 0.15) is 16.7 Å². The topological polar surface area (TPSA) is 28.1 Å². The molecule has 0 atom stereocenters. The van der Waals surface area contributed by atoms with Crippen molar-refractivity contribution in [2.24, 2.45) is 0 Å². The summed E-state index contributed by atoms with van der Waals surface area (Å²) in [7, 11) is 0. The van der Waals surface area contributed by atoms with Crippen LogP contribution in [0.5, 0.6) is 0 Å². The van der Waals surface area contributed by atoms with Crippen LogP contribution < -0.4 is 0 Å². The first kappa shape index (κ1) is 16.2. The summed E-state index contributed by atoms with van der Waals surface area (Å²) in [5, 5.41) is 9.33. The Hall–Kier alpha value is -2.21. The summed E-state index contributed by atoms with van der Waals surface area (Å²) >= 11 is 11.9. The maximum atomic E-state index is 14.3. The van der Waals surface area contributed by atoms with Crippen LogP contribution in [0.2, 0.25) is 10.0 Å². The lowest BCUT2D eigenvalue weighted by Crippen LogP contribution is -2.04. The summed E-state index contributed by atoms with van der Waals surface area (Å²) in [5.74, 6) is -4.53. The van der Waals surface area contributed by atoms with Gasteiger partial charge in [-0.1, -0.05) is 29.3 Å². The number of hydrogen-bond donors (Lipinski definition) is 0. The molecule has 2 aromatic rings. The molecule has 22 heavy (non-hydrogen) atoms. The fourth-order valence-electron chi connectivity index (χ4n) is 1.95. The van der Waals surface area contributed by atoms with E-state index in [1.165, 1.54) is 18.2 Å². The van der Waals surface area contributed by atoms with Crippen LogP contribution in [0.3, 0.4) is 0 Å². The van der Waals surface area contributed by atoms with Gasteiger partial charge in [0.1, 0.15) is 11.9 Å². The number of nitriles is 1. The van der Waals surface area contributed by atoms with E-state index in [9.17, 15) is 13.2 Å². The largest absolute Gasteiger partial charge is 0.260 e. The molecule has 7 heteroatoms. The van der Waals surface area contributed by atoms with Gasteiger partial charge >= 0.3 is 0 Å². The quantitative estimate of drug-likeness (QED) is 0.529. The Balaban J connectivity index is 2.74. The molecule has 0 aliphatic heterocycles. The van der Waals surface area contributed by atoms with E-state index in [4.69, 9.17) is 35.0 Å². The van der Waals surface area contributed by atoms with E-state index in [0.717, 1.165) is 0 Å². The van der Waals surface area contributed by atoms with Crippen LogP contribution in [0.25, 0.3) is 4.85 Å². The van der Waals surface area contributed by atoms with Gasteiger partial charge in [-0.25, -0.2) is 18.0 Å². The molecule has 0 amide bonds. The van der Waals surface area contributed by atoms with Gasteiger partial charge in [-0.15, -0.1) is 0 Å². The van der Waals surface area contributed by atoms with E-state index in [1.807, 2.05) is 0 Å². The number of halogens is 5. The number of benzene rings is 2. The zero-order chi connectivity index (χ0) is 16.4. The molecule has 0 fully saturated rings. The molecule has 0 unspecified atom stereocenters. The van der Waals surface area contributed by atoms with Crippen molar-refractivity contribution < 1.29 is 13.2 Å². The van der Waals surface area contributed by atoms with Crippen molar-refractivity contribution in [2.45, 2.75) is 6.42 Å². The highest BCUT2D eigenvalue weighted by Crippen LogP contribution is 2.35. The molecule has 0 heterocycles. The maximum Gasteiger partial charge on any atom is 0.260 e. The lowest BCUT2D eigenvalue weighted by Gasteiger charge is -2.12. The SMILES string of the molecule is [C-]#[N+]c1c(F)c(F)c(C#N)c(Cc2c(Cl)cccc2Cl)c1F. The smallest absolute Gasteiger partial charge is 0.232 e. The summed E-state index contributed by atoms with van der Waals surface area (Å²) in [6.07, 6.45) is -0.340. The van der Waals surface area contributed by atoms with Crippen molar-refractivity contribution in [3.05, 3.63) is 73.8 Å². The second-order valence-electron chi connectivity index (χ2n) is 4.24. The lowest BCUT2D eigenvalue weighted by molar-refractivity contribution is 0.495. The lowest BCUT2D eigenvalue weighted by atomic mass is 9.98. The Kier molecular flexibility index (Phi) is 4.61. The highest BCUT2D eigenvalue weighted by Gasteiger charge is 2.26. The van der Waals surface area contributed by atoms with Crippen molar-refractivity contribution in [3.8, 4) is 6.07 Å². The second-order valence-corrected chi connectivity index (χ2v) is 5.06. The van der Waals surface area contributed by atoms with E-state index in [-0.39, 0.29) is 22.0 Å². The Labute approximate surface area is 134 Å². The molecular weight excluding hydrogens is 336 g/mol. The van der Waals surface area contributed by atoms with Gasteiger partial charge < -0.3 is 0 Å². The van der Waals surface area contributed by atoms with Crippen LogP contribution in [-0.2, 0) is 6.42 Å². The minimum absolute atomic E-state index is 0.185. The van der Waals surface area contributed by atoms with Gasteiger partial charge in [0, 0.05) is 22.0 Å². The number of rotatable bonds is 2. The molecule has 2 aromatic carbocycles. The Bertz CT molecular complexity index is 831. The van der Waals surface area contributed by atoms with Gasteiger partial charge in [-0.2, -0.15) is 5.26 Å². The van der Waals surface area contributed by atoms with Crippen LogP contribution in [-0.4, -0.2) is 0 Å². The molecule has 0 aliphatic rings. The molecule has 0 saturated carbocycles. The van der Waals surface area contributed by atoms with Gasteiger partial charge in [0.25, 0.3) is 5.69 Å². The average molecular weight is 341 g/mol. The van der Waals surface area contributed by atoms with Crippen LogP contribution in [0.15, 0.2) is 18.2 Å². The van der Waals surface area contributed by atoms with Gasteiger partial charge in [0.05, 0.1) is 12.1 Å². The molecule has 0 radical (unpaired) electrons. The van der Waals surface area contributed by atoms with E-state index in [2.05, 4.69) is 4.85 Å². The number of hydrogen-bond acceptors (Lipinski definition) is 1. The van der Waals surface area contributed by atoms with E-state index in [1.54, 1.807) is 6.07 Å². The monoisotopic (exact) mass is 340 g/mol. The molecule has 0 saturated heterocycles. The van der Waals surface area contributed by atoms with Crippen LogP contribution >= 0.6 is 23.2 Å². The Morgan fingerprint density at radius 1 is 1.05 bits per heavy atom. The van der Waals surface area contributed by atoms with Gasteiger partial charge in [0.15, 0.2) is 11.6 Å². The Morgan fingerprint density at radius 3 is 2.14 bits per heavy atom. The normalized spacial score (nSPS) is 10.1. The van der Waals surface area contributed by atoms with Crippen molar-refractivity contribution in [2.75, 3.05) is 0 Å². The third-order valence-corrected chi connectivity index (χ3v) is 3.74. The van der Waals surface area contributed by atoms with Gasteiger partial charge in [-0.05, 0) is 17.7 Å². The third kappa shape index (κ3) is 2.62.